The molecule has 5 rings (SSSR count). The predicted molar refractivity (Wildman–Crippen MR) is 103 cm³/mol. The van der Waals surface area contributed by atoms with E-state index in [1.165, 1.54) is 11.3 Å². The van der Waals surface area contributed by atoms with Crippen LogP contribution in [-0.2, 0) is 11.8 Å². The zero-order chi connectivity index (χ0) is 18.3. The van der Waals surface area contributed by atoms with Crippen molar-refractivity contribution in [2.24, 2.45) is 11.3 Å². The van der Waals surface area contributed by atoms with E-state index in [0.717, 1.165) is 43.4 Å². The molecule has 2 atom stereocenters. The van der Waals surface area contributed by atoms with Gasteiger partial charge in [0.05, 0.1) is 16.8 Å². The fourth-order valence-corrected chi connectivity index (χ4v) is 5.96. The van der Waals surface area contributed by atoms with Gasteiger partial charge in [-0.1, -0.05) is 50.4 Å². The maximum Gasteiger partial charge on any atom is 0.257 e. The van der Waals surface area contributed by atoms with Crippen LogP contribution in [0.1, 0.15) is 72.8 Å². The van der Waals surface area contributed by atoms with Crippen LogP contribution < -0.4 is 0 Å². The van der Waals surface area contributed by atoms with Crippen LogP contribution in [0.3, 0.4) is 0 Å². The van der Waals surface area contributed by atoms with E-state index in [-0.39, 0.29) is 5.91 Å². The number of hydrogen-bond donors (Lipinski definition) is 0. The lowest BCUT2D eigenvalue weighted by Gasteiger charge is -2.28. The molecule has 0 bridgehead atoms. The van der Waals surface area contributed by atoms with E-state index in [9.17, 15) is 4.79 Å². The molecule has 0 aliphatic heterocycles. The van der Waals surface area contributed by atoms with Crippen LogP contribution >= 0.6 is 11.6 Å². The van der Waals surface area contributed by atoms with E-state index >= 15 is 0 Å². The summed E-state index contributed by atoms with van der Waals surface area (Å²) in [6.45, 7) is 6.76. The molecule has 2 saturated carbocycles. The summed E-state index contributed by atoms with van der Waals surface area (Å²) in [4.78, 5) is 13.8. The van der Waals surface area contributed by atoms with E-state index in [1.807, 2.05) is 24.3 Å². The van der Waals surface area contributed by atoms with Gasteiger partial charge in [0.2, 0.25) is 0 Å². The van der Waals surface area contributed by atoms with Crippen molar-refractivity contribution >= 4 is 17.5 Å². The first-order chi connectivity index (χ1) is 12.4. The molecule has 3 aliphatic carbocycles. The normalized spacial score (nSPS) is 27.2. The van der Waals surface area contributed by atoms with Gasteiger partial charge in [-0.2, -0.15) is 5.10 Å². The second-order valence-corrected chi connectivity index (χ2v) is 9.50. The van der Waals surface area contributed by atoms with Crippen LogP contribution in [0.4, 0.5) is 0 Å². The summed E-state index contributed by atoms with van der Waals surface area (Å²) in [6, 6.07) is 7.87. The topological polar surface area (TPSA) is 34.9 Å². The van der Waals surface area contributed by atoms with Crippen molar-refractivity contribution in [3.63, 3.8) is 0 Å². The molecule has 0 radical (unpaired) electrons. The van der Waals surface area contributed by atoms with Gasteiger partial charge in [-0.15, -0.1) is 0 Å². The van der Waals surface area contributed by atoms with Crippen LogP contribution in [0.5, 0.6) is 0 Å². The largest absolute Gasteiger partial charge is 0.272 e. The second kappa shape index (κ2) is 5.22. The Morgan fingerprint density at radius 2 is 1.85 bits per heavy atom. The van der Waals surface area contributed by atoms with E-state index in [1.54, 1.807) is 4.68 Å². The average Bonchev–Trinajstić information content (AvgIpc) is 3.12. The van der Waals surface area contributed by atoms with Gasteiger partial charge in [0, 0.05) is 10.6 Å². The third kappa shape index (κ3) is 2.01. The molecule has 2 fully saturated rings. The zero-order valence-electron chi connectivity index (χ0n) is 15.7. The van der Waals surface area contributed by atoms with Crippen molar-refractivity contribution in [3.05, 3.63) is 51.8 Å². The summed E-state index contributed by atoms with van der Waals surface area (Å²) in [5.41, 5.74) is 4.61. The first-order valence-electron chi connectivity index (χ1n) is 9.75. The molecule has 1 aromatic carbocycles. The number of fused-ring (bicyclic) bond motifs is 3. The van der Waals surface area contributed by atoms with E-state index in [2.05, 4.69) is 20.8 Å². The number of aromatic nitrogens is 2. The van der Waals surface area contributed by atoms with Gasteiger partial charge in [-0.3, -0.25) is 4.79 Å². The van der Waals surface area contributed by atoms with Crippen molar-refractivity contribution in [2.75, 3.05) is 0 Å². The lowest BCUT2D eigenvalue weighted by molar-refractivity contribution is 0.0775. The third-order valence-electron chi connectivity index (χ3n) is 7.44. The van der Waals surface area contributed by atoms with E-state index in [4.69, 9.17) is 16.7 Å². The van der Waals surface area contributed by atoms with Crippen molar-refractivity contribution in [2.45, 2.75) is 64.2 Å². The Hall–Kier alpha value is -1.61. The minimum absolute atomic E-state index is 0.167. The smallest absolute Gasteiger partial charge is 0.257 e. The Labute approximate surface area is 159 Å². The third-order valence-corrected chi connectivity index (χ3v) is 7.69. The van der Waals surface area contributed by atoms with Gasteiger partial charge in [0.1, 0.15) is 0 Å². The molecule has 3 aliphatic rings. The zero-order valence-corrected chi connectivity index (χ0v) is 16.4. The molecule has 1 aromatic heterocycles. The number of aryl methyl sites for hydroxylation is 1. The maximum atomic E-state index is 13.8. The first kappa shape index (κ1) is 16.6. The highest BCUT2D eigenvalue weighted by molar-refractivity contribution is 6.30. The van der Waals surface area contributed by atoms with Crippen LogP contribution in [-0.4, -0.2) is 15.7 Å². The highest BCUT2D eigenvalue weighted by atomic mass is 35.5. The Morgan fingerprint density at radius 3 is 2.50 bits per heavy atom. The molecule has 1 heterocycles. The summed E-state index contributed by atoms with van der Waals surface area (Å²) >= 11 is 6.09. The van der Waals surface area contributed by atoms with Crippen molar-refractivity contribution < 1.29 is 4.79 Å². The standard InChI is InChI=1S/C22H25ClN2O/c1-13-18-17(12-16-19(18)21(16,2)3)25(24-13)20(26)22(10-4-5-11-22)14-6-8-15(23)9-7-14/h6-9,16,19H,4-5,10-12H2,1-3H3/t16-,19-/m1/s1. The number of nitrogens with zero attached hydrogens (tertiary/aromatic N) is 2. The van der Waals surface area contributed by atoms with Gasteiger partial charge in [0.15, 0.2) is 0 Å². The predicted octanol–water partition coefficient (Wildman–Crippen LogP) is 5.29. The Kier molecular flexibility index (Phi) is 3.32. The Bertz CT molecular complexity index is 903. The highest BCUT2D eigenvalue weighted by Gasteiger charge is 2.64. The summed E-state index contributed by atoms with van der Waals surface area (Å²) in [7, 11) is 0. The fraction of sp³-hybridized carbons (Fsp3) is 0.545. The molecule has 0 spiro atoms. The second-order valence-electron chi connectivity index (χ2n) is 9.07. The average molecular weight is 369 g/mol. The van der Waals surface area contributed by atoms with Crippen molar-refractivity contribution in [1.29, 1.82) is 0 Å². The van der Waals surface area contributed by atoms with Gasteiger partial charge >= 0.3 is 0 Å². The molecule has 4 heteroatoms. The molecule has 0 amide bonds. The molecule has 2 aromatic rings. The monoisotopic (exact) mass is 368 g/mol. The number of halogens is 1. The van der Waals surface area contributed by atoms with Crippen LogP contribution in [0.15, 0.2) is 24.3 Å². The lowest BCUT2D eigenvalue weighted by atomic mass is 9.78. The molecule has 0 unspecified atom stereocenters. The van der Waals surface area contributed by atoms with Crippen LogP contribution in [0.25, 0.3) is 0 Å². The van der Waals surface area contributed by atoms with Crippen LogP contribution in [0, 0.1) is 18.3 Å². The van der Waals surface area contributed by atoms with Gasteiger partial charge in [-0.25, -0.2) is 4.68 Å². The van der Waals surface area contributed by atoms with Gasteiger partial charge in [-0.05, 0) is 61.1 Å². The molecule has 0 N–H and O–H groups in total. The molecule has 136 valence electrons. The molecular formula is C22H25ClN2O. The van der Waals surface area contributed by atoms with E-state index < -0.39 is 5.41 Å². The Balaban J connectivity index is 1.59. The molecule has 3 nitrogen and oxygen atoms in total. The summed E-state index contributed by atoms with van der Waals surface area (Å²) in [5.74, 6) is 1.44. The van der Waals surface area contributed by atoms with Crippen LogP contribution in [0.2, 0.25) is 5.02 Å². The minimum atomic E-state index is -0.445. The molecule has 26 heavy (non-hydrogen) atoms. The number of carbonyl (C=O) groups excluding carboxylic acids is 1. The van der Waals surface area contributed by atoms with Gasteiger partial charge in [0.25, 0.3) is 5.91 Å². The van der Waals surface area contributed by atoms with Crippen molar-refractivity contribution in [1.82, 2.24) is 9.78 Å². The molecular weight excluding hydrogens is 344 g/mol. The number of hydrogen-bond acceptors (Lipinski definition) is 2. The Morgan fingerprint density at radius 1 is 1.19 bits per heavy atom. The number of carbonyl (C=O) groups is 1. The first-order valence-corrected chi connectivity index (χ1v) is 10.1. The highest BCUT2D eigenvalue weighted by Crippen LogP contribution is 2.70. The minimum Gasteiger partial charge on any atom is -0.272 e. The summed E-state index contributed by atoms with van der Waals surface area (Å²) in [6.07, 6.45) is 4.99. The quantitative estimate of drug-likeness (QED) is 0.721. The SMILES string of the molecule is Cc1nn(C(=O)C2(c3ccc(Cl)cc3)CCCC2)c2c1[C@H]1[C@@H](C2)C1(C)C. The summed E-state index contributed by atoms with van der Waals surface area (Å²) in [5, 5.41) is 5.46. The lowest BCUT2D eigenvalue weighted by Crippen LogP contribution is -2.38. The molecule has 0 saturated heterocycles. The van der Waals surface area contributed by atoms with Crippen molar-refractivity contribution in [3.8, 4) is 0 Å². The van der Waals surface area contributed by atoms with E-state index in [0.29, 0.717) is 22.3 Å². The summed E-state index contributed by atoms with van der Waals surface area (Å²) < 4.78 is 1.78. The maximum absolute atomic E-state index is 13.8. The van der Waals surface area contributed by atoms with Gasteiger partial charge < -0.3 is 0 Å². The fourth-order valence-electron chi connectivity index (χ4n) is 5.84. The number of rotatable bonds is 2. The number of benzene rings is 1.